The minimum absolute atomic E-state index is 0.113. The number of hydrogen-bond donors (Lipinski definition) is 1. The van der Waals surface area contributed by atoms with Gasteiger partial charge in [0.2, 0.25) is 12.7 Å². The van der Waals surface area contributed by atoms with Gasteiger partial charge in [-0.2, -0.15) is 0 Å². The number of nitrogens with zero attached hydrogens (tertiary/aromatic N) is 2. The van der Waals surface area contributed by atoms with Gasteiger partial charge >= 0.3 is 11.9 Å². The average molecular weight is 429 g/mol. The number of carbonyl (C=O) groups excluding carboxylic acids is 3. The molecule has 3 aliphatic rings. The molecule has 0 spiro atoms. The lowest BCUT2D eigenvalue weighted by Gasteiger charge is -2.46. The Balaban J connectivity index is 1.85. The number of likely N-dealkylation sites (tertiary alicyclic amines) is 1. The van der Waals surface area contributed by atoms with Crippen molar-refractivity contribution in [2.75, 3.05) is 20.4 Å². The Labute approximate surface area is 173 Å². The number of thioether (sulfide) groups is 1. The second-order valence-corrected chi connectivity index (χ2v) is 9.18. The summed E-state index contributed by atoms with van der Waals surface area (Å²) in [5.74, 6) is -2.22. The number of amides is 1. The Morgan fingerprint density at radius 2 is 2.07 bits per heavy atom. The largest absolute Gasteiger partial charge is 0.428 e. The fraction of sp³-hybridized carbons (Fsp3) is 0.667. The number of fused-ring (bicyclic) bond motifs is 1. The first-order valence-electron chi connectivity index (χ1n) is 9.09. The maximum atomic E-state index is 12.7. The third-order valence-electron chi connectivity index (χ3n) is 5.35. The minimum atomic E-state index is -0.802. The lowest BCUT2D eigenvalue weighted by atomic mass is 9.79. The number of ether oxygens (including phenoxy) is 2. The van der Waals surface area contributed by atoms with Crippen LogP contribution in [0.1, 0.15) is 27.2 Å². The molecule has 1 N–H and O–H groups in total. The normalized spacial score (nSPS) is 30.3. The summed E-state index contributed by atoms with van der Waals surface area (Å²) in [6.45, 7) is 5.00. The number of carbonyl (C=O) groups is 3. The highest BCUT2D eigenvalue weighted by Crippen LogP contribution is 2.52. The third kappa shape index (κ3) is 3.65. The van der Waals surface area contributed by atoms with Crippen molar-refractivity contribution in [3.05, 3.63) is 10.6 Å². The molecule has 0 bridgehead atoms. The van der Waals surface area contributed by atoms with Crippen molar-refractivity contribution >= 4 is 46.8 Å². The molecule has 1 amide bonds. The van der Waals surface area contributed by atoms with E-state index in [2.05, 4.69) is 4.74 Å². The van der Waals surface area contributed by atoms with Gasteiger partial charge in [0, 0.05) is 43.0 Å². The van der Waals surface area contributed by atoms with Crippen molar-refractivity contribution < 1.29 is 29.0 Å². The molecule has 5 atom stereocenters. The van der Waals surface area contributed by atoms with Gasteiger partial charge in [-0.3, -0.25) is 9.59 Å². The number of esters is 2. The highest BCUT2D eigenvalue weighted by Gasteiger charge is 2.60. The molecule has 3 rings (SSSR count). The topological polar surface area (TPSA) is 96.4 Å². The molecule has 0 aromatic heterocycles. The Morgan fingerprint density at radius 1 is 1.39 bits per heavy atom. The Kier molecular flexibility index (Phi) is 6.02. The summed E-state index contributed by atoms with van der Waals surface area (Å²) in [7, 11) is 1.93. The van der Waals surface area contributed by atoms with Crippen molar-refractivity contribution in [2.24, 2.45) is 11.8 Å². The molecule has 0 aromatic rings. The Hall–Kier alpha value is -1.65. The zero-order valence-electron chi connectivity index (χ0n) is 16.2. The van der Waals surface area contributed by atoms with Crippen LogP contribution in [-0.4, -0.2) is 75.5 Å². The molecule has 28 heavy (non-hydrogen) atoms. The summed E-state index contributed by atoms with van der Waals surface area (Å²) in [5, 5.41) is 10.2. The maximum absolute atomic E-state index is 12.7. The summed E-state index contributed by atoms with van der Waals surface area (Å²) in [4.78, 5) is 41.3. The first kappa shape index (κ1) is 21.1. The van der Waals surface area contributed by atoms with E-state index in [0.29, 0.717) is 0 Å². The number of β-lactam (4-membered cyclic amide) rings is 1. The van der Waals surface area contributed by atoms with E-state index in [1.807, 2.05) is 18.9 Å². The van der Waals surface area contributed by atoms with Gasteiger partial charge in [0.15, 0.2) is 0 Å². The lowest BCUT2D eigenvalue weighted by Crippen LogP contribution is -2.63. The van der Waals surface area contributed by atoms with Gasteiger partial charge in [0.05, 0.1) is 23.1 Å². The second-order valence-electron chi connectivity index (χ2n) is 7.37. The van der Waals surface area contributed by atoms with Crippen LogP contribution in [0.4, 0.5) is 0 Å². The van der Waals surface area contributed by atoms with Gasteiger partial charge in [-0.1, -0.05) is 19.1 Å². The first-order chi connectivity index (χ1) is 13.1. The molecule has 0 radical (unpaired) electrons. The van der Waals surface area contributed by atoms with Crippen molar-refractivity contribution in [3.8, 4) is 0 Å². The van der Waals surface area contributed by atoms with Crippen molar-refractivity contribution in [1.29, 1.82) is 0 Å². The summed E-state index contributed by atoms with van der Waals surface area (Å²) < 4.78 is 9.76. The smallest absolute Gasteiger partial charge is 0.358 e. The van der Waals surface area contributed by atoms with Crippen LogP contribution in [0.15, 0.2) is 10.6 Å². The zero-order chi connectivity index (χ0) is 20.7. The van der Waals surface area contributed by atoms with E-state index in [1.165, 1.54) is 23.6 Å². The summed E-state index contributed by atoms with van der Waals surface area (Å²) >= 11 is 6.88. The molecular formula is C18H24N2O6S2. The van der Waals surface area contributed by atoms with E-state index < -0.39 is 30.8 Å². The number of thiocarbonyl (C=S) groups is 1. The molecule has 0 aromatic carbocycles. The molecule has 154 valence electrons. The highest BCUT2D eigenvalue weighted by molar-refractivity contribution is 8.03. The standard InChI is InChI=1S/C18H24N2O6S2/c1-8-14-13(9(2)21)17(23)20(14)15(18(24)26-7-25-10(3)22)16(8)28-11-5-12(27)19(4)6-11/h8-9,11,13-14,21H,5-7H2,1-4H3/t8?,9?,11-,13?,14?/m0/s1. The molecule has 2 saturated heterocycles. The molecule has 4 unspecified atom stereocenters. The average Bonchev–Trinajstić information content (AvgIpc) is 3.02. The van der Waals surface area contributed by atoms with E-state index in [1.54, 1.807) is 6.92 Å². The van der Waals surface area contributed by atoms with Crippen molar-refractivity contribution in [3.63, 3.8) is 0 Å². The number of hydrogen-bond acceptors (Lipinski definition) is 8. The number of aliphatic hydroxyl groups is 1. The van der Waals surface area contributed by atoms with Crippen LogP contribution in [0.5, 0.6) is 0 Å². The van der Waals surface area contributed by atoms with Crippen LogP contribution >= 0.6 is 24.0 Å². The maximum Gasteiger partial charge on any atom is 0.358 e. The molecule has 3 heterocycles. The first-order valence-corrected chi connectivity index (χ1v) is 10.4. The molecule has 10 heteroatoms. The molecule has 0 aliphatic carbocycles. The molecule has 0 saturated carbocycles. The molecular weight excluding hydrogens is 404 g/mol. The van der Waals surface area contributed by atoms with Crippen LogP contribution in [0.25, 0.3) is 0 Å². The van der Waals surface area contributed by atoms with Gasteiger partial charge in [-0.25, -0.2) is 4.79 Å². The van der Waals surface area contributed by atoms with E-state index >= 15 is 0 Å². The van der Waals surface area contributed by atoms with Gasteiger partial charge in [0.25, 0.3) is 0 Å². The monoisotopic (exact) mass is 428 g/mol. The van der Waals surface area contributed by atoms with Gasteiger partial charge < -0.3 is 24.4 Å². The van der Waals surface area contributed by atoms with Crippen LogP contribution in [-0.2, 0) is 23.9 Å². The molecule has 2 fully saturated rings. The summed E-state index contributed by atoms with van der Waals surface area (Å²) in [5.41, 5.74) is 0.192. The highest BCUT2D eigenvalue weighted by atomic mass is 32.2. The zero-order valence-corrected chi connectivity index (χ0v) is 17.8. The molecule has 8 nitrogen and oxygen atoms in total. The van der Waals surface area contributed by atoms with E-state index in [4.69, 9.17) is 17.0 Å². The third-order valence-corrected chi connectivity index (χ3v) is 7.30. The van der Waals surface area contributed by atoms with Crippen LogP contribution in [0.2, 0.25) is 0 Å². The number of rotatable bonds is 6. The SMILES string of the molecule is CC(=O)OCOC(=O)C1=C(S[C@H]2CC(=S)N(C)C2)C(C)C2C(C(C)O)C(=O)N12. The Bertz CT molecular complexity index is 752. The second kappa shape index (κ2) is 8.00. The van der Waals surface area contributed by atoms with Gasteiger partial charge in [-0.05, 0) is 6.92 Å². The fourth-order valence-electron chi connectivity index (χ4n) is 3.98. The van der Waals surface area contributed by atoms with Crippen LogP contribution < -0.4 is 0 Å². The van der Waals surface area contributed by atoms with E-state index in [0.717, 1.165) is 22.9 Å². The van der Waals surface area contributed by atoms with Gasteiger partial charge in [0.1, 0.15) is 5.70 Å². The Morgan fingerprint density at radius 3 is 2.61 bits per heavy atom. The predicted octanol–water partition coefficient (Wildman–Crippen LogP) is 0.884. The van der Waals surface area contributed by atoms with Crippen LogP contribution in [0, 0.1) is 11.8 Å². The predicted molar refractivity (Wildman–Crippen MR) is 106 cm³/mol. The molecule has 3 aliphatic heterocycles. The van der Waals surface area contributed by atoms with Crippen LogP contribution in [0.3, 0.4) is 0 Å². The number of aliphatic hydroxyl groups excluding tert-OH is 1. The quantitative estimate of drug-likeness (QED) is 0.286. The van der Waals surface area contributed by atoms with Crippen molar-refractivity contribution in [1.82, 2.24) is 9.80 Å². The lowest BCUT2D eigenvalue weighted by molar-refractivity contribution is -0.171. The van der Waals surface area contributed by atoms with Crippen molar-refractivity contribution in [2.45, 2.75) is 44.6 Å². The van der Waals surface area contributed by atoms with E-state index in [-0.39, 0.29) is 28.8 Å². The summed E-state index contributed by atoms with van der Waals surface area (Å²) in [6.07, 6.45) is -0.0786. The fourth-order valence-corrected chi connectivity index (χ4v) is 5.91. The van der Waals surface area contributed by atoms with Gasteiger partial charge in [-0.15, -0.1) is 11.8 Å². The summed E-state index contributed by atoms with van der Waals surface area (Å²) in [6, 6.07) is -0.280. The minimum Gasteiger partial charge on any atom is -0.428 e. The van der Waals surface area contributed by atoms with E-state index in [9.17, 15) is 19.5 Å².